The molecule has 1 saturated carbocycles. The van der Waals surface area contributed by atoms with Crippen molar-refractivity contribution in [1.82, 2.24) is 10.3 Å². The number of nitrogens with zero attached hydrogens (tertiary/aromatic N) is 2. The normalized spacial score (nSPS) is 25.4. The van der Waals surface area contributed by atoms with E-state index in [9.17, 15) is 0 Å². The van der Waals surface area contributed by atoms with Crippen molar-refractivity contribution in [2.75, 3.05) is 18.0 Å². The van der Waals surface area contributed by atoms with Gasteiger partial charge in [0.25, 0.3) is 0 Å². The molecular formula is C18H29N3. The summed E-state index contributed by atoms with van der Waals surface area (Å²) in [5.41, 5.74) is 2.79. The highest BCUT2D eigenvalue weighted by Gasteiger charge is 2.36. The predicted octanol–water partition coefficient (Wildman–Crippen LogP) is 3.60. The Kier molecular flexibility index (Phi) is 4.79. The molecule has 1 N–H and O–H groups in total. The van der Waals surface area contributed by atoms with Gasteiger partial charge < -0.3 is 10.2 Å². The fourth-order valence-corrected chi connectivity index (χ4v) is 4.02. The maximum atomic E-state index is 4.40. The van der Waals surface area contributed by atoms with Crippen molar-refractivity contribution in [1.29, 1.82) is 0 Å². The molecule has 0 aromatic carbocycles. The number of hydrogen-bond acceptors (Lipinski definition) is 3. The zero-order valence-corrected chi connectivity index (χ0v) is 13.5. The molecule has 1 aromatic heterocycles. The van der Waals surface area contributed by atoms with Crippen LogP contribution in [-0.4, -0.2) is 24.1 Å². The number of rotatable bonds is 5. The van der Waals surface area contributed by atoms with Gasteiger partial charge in [0.15, 0.2) is 0 Å². The standard InChI is InChI=1S/C18H29N3/c1-14(2)11-20-12-16-7-9-19-13-18(16)21-10-8-15-5-3-4-6-17(15)21/h7,9,13-15,17,20H,3-6,8,10-12H2,1-2H3. The third-order valence-electron chi connectivity index (χ3n) is 5.08. The number of anilines is 1. The van der Waals surface area contributed by atoms with Crippen LogP contribution in [0.15, 0.2) is 18.5 Å². The van der Waals surface area contributed by atoms with Gasteiger partial charge in [0, 0.05) is 25.3 Å². The lowest BCUT2D eigenvalue weighted by molar-refractivity contribution is 0.342. The van der Waals surface area contributed by atoms with Crippen LogP contribution in [0.3, 0.4) is 0 Å². The van der Waals surface area contributed by atoms with Crippen molar-refractivity contribution in [2.24, 2.45) is 11.8 Å². The number of hydrogen-bond donors (Lipinski definition) is 1. The highest BCUT2D eigenvalue weighted by molar-refractivity contribution is 5.53. The maximum absolute atomic E-state index is 4.40. The average molecular weight is 287 g/mol. The second-order valence-corrected chi connectivity index (χ2v) is 7.12. The van der Waals surface area contributed by atoms with Gasteiger partial charge in [0.2, 0.25) is 0 Å². The molecule has 1 aliphatic heterocycles. The Morgan fingerprint density at radius 1 is 1.29 bits per heavy atom. The molecule has 2 atom stereocenters. The number of aromatic nitrogens is 1. The molecule has 2 fully saturated rings. The van der Waals surface area contributed by atoms with E-state index in [1.54, 1.807) is 0 Å². The summed E-state index contributed by atoms with van der Waals surface area (Å²) < 4.78 is 0. The molecule has 0 spiro atoms. The smallest absolute Gasteiger partial charge is 0.0600 e. The lowest BCUT2D eigenvalue weighted by Crippen LogP contribution is -2.35. The molecule has 0 amide bonds. The van der Waals surface area contributed by atoms with Crippen LogP contribution >= 0.6 is 0 Å². The van der Waals surface area contributed by atoms with Crippen LogP contribution in [0.25, 0.3) is 0 Å². The van der Waals surface area contributed by atoms with Crippen molar-refractivity contribution < 1.29 is 0 Å². The summed E-state index contributed by atoms with van der Waals surface area (Å²) in [7, 11) is 0. The van der Waals surface area contributed by atoms with Crippen LogP contribution in [0.5, 0.6) is 0 Å². The minimum absolute atomic E-state index is 0.699. The Bertz CT molecular complexity index is 458. The Morgan fingerprint density at radius 2 is 2.14 bits per heavy atom. The molecular weight excluding hydrogens is 258 g/mol. The molecule has 2 aliphatic rings. The van der Waals surface area contributed by atoms with Crippen LogP contribution in [0.2, 0.25) is 0 Å². The molecule has 1 aromatic rings. The first-order chi connectivity index (χ1) is 10.3. The van der Waals surface area contributed by atoms with Gasteiger partial charge in [-0.1, -0.05) is 26.7 Å². The van der Waals surface area contributed by atoms with Crippen molar-refractivity contribution in [3.8, 4) is 0 Å². The third-order valence-corrected chi connectivity index (χ3v) is 5.08. The summed E-state index contributed by atoms with van der Waals surface area (Å²) in [5.74, 6) is 1.63. The van der Waals surface area contributed by atoms with Gasteiger partial charge in [-0.15, -0.1) is 0 Å². The molecule has 2 heterocycles. The monoisotopic (exact) mass is 287 g/mol. The summed E-state index contributed by atoms with van der Waals surface area (Å²) in [6.45, 7) is 7.77. The average Bonchev–Trinajstić information content (AvgIpc) is 2.91. The Morgan fingerprint density at radius 3 is 3.00 bits per heavy atom. The van der Waals surface area contributed by atoms with E-state index in [-0.39, 0.29) is 0 Å². The second kappa shape index (κ2) is 6.78. The largest absolute Gasteiger partial charge is 0.367 e. The molecule has 3 heteroatoms. The molecule has 116 valence electrons. The zero-order chi connectivity index (χ0) is 14.7. The highest BCUT2D eigenvalue weighted by Crippen LogP contribution is 2.39. The van der Waals surface area contributed by atoms with Crippen LogP contribution in [0.4, 0.5) is 5.69 Å². The van der Waals surface area contributed by atoms with Gasteiger partial charge in [-0.25, -0.2) is 0 Å². The van der Waals surface area contributed by atoms with Gasteiger partial charge >= 0.3 is 0 Å². The Labute approximate surface area is 129 Å². The summed E-state index contributed by atoms with van der Waals surface area (Å²) in [4.78, 5) is 7.06. The SMILES string of the molecule is CC(C)CNCc1ccncc1N1CCC2CCCCC21. The molecule has 0 bridgehead atoms. The van der Waals surface area contributed by atoms with E-state index in [1.165, 1.54) is 49.9 Å². The number of fused-ring (bicyclic) bond motifs is 1. The first-order valence-electron chi connectivity index (χ1n) is 8.66. The minimum Gasteiger partial charge on any atom is -0.367 e. The van der Waals surface area contributed by atoms with Crippen molar-refractivity contribution in [3.05, 3.63) is 24.0 Å². The second-order valence-electron chi connectivity index (χ2n) is 7.12. The lowest BCUT2D eigenvalue weighted by atomic mass is 9.85. The maximum Gasteiger partial charge on any atom is 0.0600 e. The van der Waals surface area contributed by atoms with E-state index in [4.69, 9.17) is 0 Å². The minimum atomic E-state index is 0.699. The lowest BCUT2D eigenvalue weighted by Gasteiger charge is -2.34. The van der Waals surface area contributed by atoms with Gasteiger partial charge in [-0.2, -0.15) is 0 Å². The van der Waals surface area contributed by atoms with Crippen LogP contribution in [-0.2, 0) is 6.54 Å². The molecule has 2 unspecified atom stereocenters. The fourth-order valence-electron chi connectivity index (χ4n) is 4.02. The Hall–Kier alpha value is -1.09. The zero-order valence-electron chi connectivity index (χ0n) is 13.5. The van der Waals surface area contributed by atoms with Crippen molar-refractivity contribution >= 4 is 5.69 Å². The summed E-state index contributed by atoms with van der Waals surface area (Å²) in [5, 5.41) is 3.58. The molecule has 3 rings (SSSR count). The quantitative estimate of drug-likeness (QED) is 0.897. The van der Waals surface area contributed by atoms with Gasteiger partial charge in [0.05, 0.1) is 11.9 Å². The molecule has 3 nitrogen and oxygen atoms in total. The van der Waals surface area contributed by atoms with E-state index in [0.717, 1.165) is 25.0 Å². The van der Waals surface area contributed by atoms with Crippen LogP contribution in [0.1, 0.15) is 51.5 Å². The molecule has 1 aliphatic carbocycles. The predicted molar refractivity (Wildman–Crippen MR) is 88.5 cm³/mol. The Balaban J connectivity index is 1.72. The third kappa shape index (κ3) is 3.39. The molecule has 1 saturated heterocycles. The van der Waals surface area contributed by atoms with E-state index >= 15 is 0 Å². The number of nitrogens with one attached hydrogen (secondary N) is 1. The van der Waals surface area contributed by atoms with E-state index in [1.807, 2.05) is 6.20 Å². The topological polar surface area (TPSA) is 28.2 Å². The van der Waals surface area contributed by atoms with E-state index < -0.39 is 0 Å². The van der Waals surface area contributed by atoms with Crippen molar-refractivity contribution in [2.45, 2.75) is 58.5 Å². The van der Waals surface area contributed by atoms with Gasteiger partial charge in [-0.3, -0.25) is 4.98 Å². The fraction of sp³-hybridized carbons (Fsp3) is 0.722. The first-order valence-corrected chi connectivity index (χ1v) is 8.66. The van der Waals surface area contributed by atoms with Crippen molar-refractivity contribution in [3.63, 3.8) is 0 Å². The molecule has 0 radical (unpaired) electrons. The van der Waals surface area contributed by atoms with Crippen LogP contribution < -0.4 is 10.2 Å². The van der Waals surface area contributed by atoms with E-state index in [0.29, 0.717) is 5.92 Å². The highest BCUT2D eigenvalue weighted by atomic mass is 15.2. The summed E-state index contributed by atoms with van der Waals surface area (Å²) in [6.07, 6.45) is 11.0. The molecule has 21 heavy (non-hydrogen) atoms. The van der Waals surface area contributed by atoms with Gasteiger partial charge in [-0.05, 0) is 49.3 Å². The number of pyridine rings is 1. The first kappa shape index (κ1) is 14.8. The summed E-state index contributed by atoms with van der Waals surface area (Å²) in [6, 6.07) is 2.96. The van der Waals surface area contributed by atoms with Gasteiger partial charge in [0.1, 0.15) is 0 Å². The van der Waals surface area contributed by atoms with Crippen LogP contribution in [0, 0.1) is 11.8 Å². The summed E-state index contributed by atoms with van der Waals surface area (Å²) >= 11 is 0. The van der Waals surface area contributed by atoms with E-state index in [2.05, 4.69) is 41.3 Å².